The molecule has 0 unspecified atom stereocenters. The lowest BCUT2D eigenvalue weighted by Gasteiger charge is -2.25. The summed E-state index contributed by atoms with van der Waals surface area (Å²) < 4.78 is 4.84. The molecule has 0 amide bonds. The number of rotatable bonds is 5. The monoisotopic (exact) mass is 213 g/mol. The summed E-state index contributed by atoms with van der Waals surface area (Å²) in [5, 5.41) is 0. The summed E-state index contributed by atoms with van der Waals surface area (Å²) in [6.07, 6.45) is 2.64. The number of piperidine rings is 1. The van der Waals surface area contributed by atoms with Gasteiger partial charge in [-0.1, -0.05) is 0 Å². The molecule has 86 valence electrons. The Labute approximate surface area is 90.6 Å². The summed E-state index contributed by atoms with van der Waals surface area (Å²) in [6.45, 7) is 4.86. The van der Waals surface area contributed by atoms with Crippen LogP contribution in [0.25, 0.3) is 0 Å². The van der Waals surface area contributed by atoms with E-state index in [1.165, 1.54) is 0 Å². The van der Waals surface area contributed by atoms with Crippen LogP contribution in [0.3, 0.4) is 0 Å². The molecule has 1 heterocycles. The van der Waals surface area contributed by atoms with Gasteiger partial charge in [-0.25, -0.2) is 0 Å². The van der Waals surface area contributed by atoms with E-state index < -0.39 is 0 Å². The van der Waals surface area contributed by atoms with Crippen molar-refractivity contribution in [2.75, 3.05) is 26.2 Å². The van der Waals surface area contributed by atoms with Crippen LogP contribution in [0.1, 0.15) is 32.6 Å². The van der Waals surface area contributed by atoms with E-state index >= 15 is 0 Å². The lowest BCUT2D eigenvalue weighted by Crippen LogP contribution is -2.34. The molecule has 1 rings (SSSR count). The van der Waals surface area contributed by atoms with Crippen LogP contribution >= 0.6 is 0 Å². The van der Waals surface area contributed by atoms with E-state index in [0.717, 1.165) is 26.1 Å². The average Bonchev–Trinajstić information content (AvgIpc) is 2.21. The smallest absolute Gasteiger partial charge is 0.305 e. The second-order valence-electron chi connectivity index (χ2n) is 3.79. The Bertz CT molecular complexity index is 218. The van der Waals surface area contributed by atoms with Crippen LogP contribution in [-0.2, 0) is 14.3 Å². The Morgan fingerprint density at radius 3 is 2.67 bits per heavy atom. The Morgan fingerprint density at radius 2 is 2.07 bits per heavy atom. The summed E-state index contributed by atoms with van der Waals surface area (Å²) >= 11 is 0. The molecule has 1 aliphatic rings. The molecule has 0 aromatic carbocycles. The first-order chi connectivity index (χ1) is 7.22. The second-order valence-corrected chi connectivity index (χ2v) is 3.79. The lowest BCUT2D eigenvalue weighted by atomic mass is 10.1. The van der Waals surface area contributed by atoms with Crippen LogP contribution < -0.4 is 0 Å². The molecule has 1 aliphatic heterocycles. The number of hydrogen-bond donors (Lipinski definition) is 0. The van der Waals surface area contributed by atoms with Crippen molar-refractivity contribution in [1.29, 1.82) is 0 Å². The van der Waals surface area contributed by atoms with E-state index in [4.69, 9.17) is 4.74 Å². The van der Waals surface area contributed by atoms with Gasteiger partial charge in [-0.3, -0.25) is 9.59 Å². The minimum Gasteiger partial charge on any atom is -0.466 e. The predicted octanol–water partition coefficient (Wildman–Crippen LogP) is 0.995. The van der Waals surface area contributed by atoms with Crippen molar-refractivity contribution >= 4 is 11.8 Å². The molecule has 0 saturated carbocycles. The molecule has 0 bridgehead atoms. The largest absolute Gasteiger partial charge is 0.466 e. The van der Waals surface area contributed by atoms with Crippen molar-refractivity contribution < 1.29 is 14.3 Å². The van der Waals surface area contributed by atoms with Crippen molar-refractivity contribution in [2.24, 2.45) is 0 Å². The molecule has 0 aromatic rings. The van der Waals surface area contributed by atoms with Gasteiger partial charge < -0.3 is 9.64 Å². The van der Waals surface area contributed by atoms with Gasteiger partial charge in [-0.05, 0) is 19.9 Å². The maximum absolute atomic E-state index is 11.0. The number of hydrogen-bond acceptors (Lipinski definition) is 4. The van der Waals surface area contributed by atoms with Crippen molar-refractivity contribution in [2.45, 2.75) is 32.6 Å². The van der Waals surface area contributed by atoms with E-state index in [1.54, 1.807) is 0 Å². The Kier molecular flexibility index (Phi) is 5.32. The minimum absolute atomic E-state index is 0.120. The fraction of sp³-hybridized carbons (Fsp3) is 0.818. The molecule has 1 fully saturated rings. The average molecular weight is 213 g/mol. The number of esters is 1. The zero-order chi connectivity index (χ0) is 11.1. The van der Waals surface area contributed by atoms with Gasteiger partial charge in [0.15, 0.2) is 0 Å². The predicted molar refractivity (Wildman–Crippen MR) is 56.5 cm³/mol. The van der Waals surface area contributed by atoms with Crippen molar-refractivity contribution in [3.63, 3.8) is 0 Å². The van der Waals surface area contributed by atoms with E-state index in [1.807, 2.05) is 6.92 Å². The van der Waals surface area contributed by atoms with E-state index in [0.29, 0.717) is 31.7 Å². The Morgan fingerprint density at radius 1 is 1.40 bits per heavy atom. The van der Waals surface area contributed by atoms with Gasteiger partial charge in [0, 0.05) is 32.4 Å². The highest BCUT2D eigenvalue weighted by Crippen LogP contribution is 2.07. The molecule has 0 aliphatic carbocycles. The number of ether oxygens (including phenoxy) is 1. The van der Waals surface area contributed by atoms with Gasteiger partial charge in [0.1, 0.15) is 5.78 Å². The van der Waals surface area contributed by atoms with Crippen LogP contribution in [-0.4, -0.2) is 42.9 Å². The molecule has 0 radical (unpaired) electrons. The highest BCUT2D eigenvalue weighted by atomic mass is 16.5. The molecule has 0 spiro atoms. The van der Waals surface area contributed by atoms with Crippen molar-refractivity contribution in [1.82, 2.24) is 4.90 Å². The summed E-state index contributed by atoms with van der Waals surface area (Å²) in [5.41, 5.74) is 0. The number of nitrogens with zero attached hydrogens (tertiary/aromatic N) is 1. The standard InChI is InChI=1S/C11H19NO3/c1-2-15-11(14)4-3-7-12-8-5-10(13)6-9-12/h2-9H2,1H3. The molecule has 0 N–H and O–H groups in total. The fourth-order valence-electron chi connectivity index (χ4n) is 1.71. The molecular formula is C11H19NO3. The summed E-state index contributed by atoms with van der Waals surface area (Å²) in [6, 6.07) is 0. The summed E-state index contributed by atoms with van der Waals surface area (Å²) in [7, 11) is 0. The molecule has 0 aromatic heterocycles. The molecule has 0 atom stereocenters. The van der Waals surface area contributed by atoms with Crippen LogP contribution in [0.5, 0.6) is 0 Å². The van der Waals surface area contributed by atoms with Crippen LogP contribution in [0, 0.1) is 0 Å². The summed E-state index contributed by atoms with van der Waals surface area (Å²) in [4.78, 5) is 24.3. The van der Waals surface area contributed by atoms with Gasteiger partial charge in [0.2, 0.25) is 0 Å². The Balaban J connectivity index is 2.05. The zero-order valence-electron chi connectivity index (χ0n) is 9.33. The highest BCUT2D eigenvalue weighted by Gasteiger charge is 2.15. The zero-order valence-corrected chi connectivity index (χ0v) is 9.33. The number of Topliss-reactive ketones (excluding diaryl/α,β-unsaturated/α-hetero) is 1. The molecule has 4 nitrogen and oxygen atoms in total. The summed E-state index contributed by atoms with van der Waals surface area (Å²) in [5.74, 6) is 0.238. The fourth-order valence-corrected chi connectivity index (χ4v) is 1.71. The van der Waals surface area contributed by atoms with Gasteiger partial charge in [-0.2, -0.15) is 0 Å². The van der Waals surface area contributed by atoms with Crippen molar-refractivity contribution in [3.05, 3.63) is 0 Å². The van der Waals surface area contributed by atoms with Gasteiger partial charge in [0.25, 0.3) is 0 Å². The number of carbonyl (C=O) groups excluding carboxylic acids is 2. The molecule has 15 heavy (non-hydrogen) atoms. The second kappa shape index (κ2) is 6.56. The van der Waals surface area contributed by atoms with Crippen molar-refractivity contribution in [3.8, 4) is 0 Å². The number of ketones is 1. The van der Waals surface area contributed by atoms with Crippen LogP contribution in [0.15, 0.2) is 0 Å². The third-order valence-electron chi connectivity index (χ3n) is 2.57. The van der Waals surface area contributed by atoms with Crippen LogP contribution in [0.2, 0.25) is 0 Å². The quantitative estimate of drug-likeness (QED) is 0.639. The lowest BCUT2D eigenvalue weighted by molar-refractivity contribution is -0.143. The van der Waals surface area contributed by atoms with Gasteiger partial charge in [-0.15, -0.1) is 0 Å². The number of carbonyl (C=O) groups is 2. The molecule has 1 saturated heterocycles. The SMILES string of the molecule is CCOC(=O)CCCN1CCC(=O)CC1. The first-order valence-electron chi connectivity index (χ1n) is 5.62. The maximum Gasteiger partial charge on any atom is 0.305 e. The highest BCUT2D eigenvalue weighted by molar-refractivity contribution is 5.79. The van der Waals surface area contributed by atoms with E-state index in [9.17, 15) is 9.59 Å². The Hall–Kier alpha value is -0.900. The first kappa shape index (κ1) is 12.2. The molecular weight excluding hydrogens is 194 g/mol. The third kappa shape index (κ3) is 4.93. The van der Waals surface area contributed by atoms with E-state index in [-0.39, 0.29) is 5.97 Å². The normalized spacial score (nSPS) is 17.8. The number of likely N-dealkylation sites (tertiary alicyclic amines) is 1. The maximum atomic E-state index is 11.0. The van der Waals surface area contributed by atoms with Gasteiger partial charge in [0.05, 0.1) is 6.61 Å². The third-order valence-corrected chi connectivity index (χ3v) is 2.57. The molecule has 4 heteroatoms. The first-order valence-corrected chi connectivity index (χ1v) is 5.62. The topological polar surface area (TPSA) is 46.6 Å². The van der Waals surface area contributed by atoms with Crippen LogP contribution in [0.4, 0.5) is 0 Å². The van der Waals surface area contributed by atoms with E-state index in [2.05, 4.69) is 4.90 Å². The van der Waals surface area contributed by atoms with Gasteiger partial charge >= 0.3 is 5.97 Å². The minimum atomic E-state index is -0.120.